The van der Waals surface area contributed by atoms with E-state index in [0.717, 1.165) is 61.2 Å². The maximum atomic E-state index is 5.13. The molecule has 0 radical (unpaired) electrons. The van der Waals surface area contributed by atoms with Crippen molar-refractivity contribution >= 4 is 10.9 Å². The van der Waals surface area contributed by atoms with Gasteiger partial charge in [-0.25, -0.2) is 9.97 Å². The SMILES string of the molecule is c1ccc(-c2ccc(-c3cc(-c4cccc(-c5cccc6cccnc56)c4)nc(-c4ccc(-c5ccncc5)cc4)n3)cc2)cc1. The highest BCUT2D eigenvalue weighted by molar-refractivity contribution is 5.94. The molecular formula is C42H28N4. The summed E-state index contributed by atoms with van der Waals surface area (Å²) in [6.07, 6.45) is 5.48. The van der Waals surface area contributed by atoms with Gasteiger partial charge >= 0.3 is 0 Å². The van der Waals surface area contributed by atoms with Crippen LogP contribution in [0.15, 0.2) is 170 Å². The van der Waals surface area contributed by atoms with Crippen molar-refractivity contribution in [2.75, 3.05) is 0 Å². The number of hydrogen-bond acceptors (Lipinski definition) is 4. The van der Waals surface area contributed by atoms with Gasteiger partial charge in [-0.15, -0.1) is 0 Å². The number of fused-ring (bicyclic) bond motifs is 1. The van der Waals surface area contributed by atoms with Crippen LogP contribution in [0.4, 0.5) is 0 Å². The van der Waals surface area contributed by atoms with E-state index in [-0.39, 0.29) is 0 Å². The zero-order chi connectivity index (χ0) is 30.7. The summed E-state index contributed by atoms with van der Waals surface area (Å²) in [5, 5.41) is 1.12. The van der Waals surface area contributed by atoms with Crippen molar-refractivity contribution in [2.45, 2.75) is 0 Å². The Morgan fingerprint density at radius 3 is 1.67 bits per heavy atom. The molecule has 0 unspecified atom stereocenters. The summed E-state index contributed by atoms with van der Waals surface area (Å²) < 4.78 is 0. The second-order valence-electron chi connectivity index (χ2n) is 11.2. The molecule has 0 bridgehead atoms. The Morgan fingerprint density at radius 2 is 0.913 bits per heavy atom. The topological polar surface area (TPSA) is 51.6 Å². The van der Waals surface area contributed by atoms with Crippen LogP contribution in [0.5, 0.6) is 0 Å². The third-order valence-electron chi connectivity index (χ3n) is 8.27. The number of nitrogens with zero attached hydrogens (tertiary/aromatic N) is 4. The lowest BCUT2D eigenvalue weighted by atomic mass is 9.98. The highest BCUT2D eigenvalue weighted by atomic mass is 14.9. The fraction of sp³-hybridized carbons (Fsp3) is 0. The van der Waals surface area contributed by atoms with Gasteiger partial charge in [0.25, 0.3) is 0 Å². The molecule has 0 amide bonds. The van der Waals surface area contributed by atoms with Gasteiger partial charge in [-0.1, -0.05) is 121 Å². The highest BCUT2D eigenvalue weighted by Gasteiger charge is 2.13. The van der Waals surface area contributed by atoms with Crippen LogP contribution in [0.3, 0.4) is 0 Å². The molecule has 0 N–H and O–H groups in total. The zero-order valence-corrected chi connectivity index (χ0v) is 25.0. The summed E-state index contributed by atoms with van der Waals surface area (Å²) in [7, 11) is 0. The van der Waals surface area contributed by atoms with E-state index in [0.29, 0.717) is 5.82 Å². The van der Waals surface area contributed by atoms with Gasteiger partial charge in [0.1, 0.15) is 0 Å². The molecule has 0 fully saturated rings. The number of aromatic nitrogens is 4. The van der Waals surface area contributed by atoms with Crippen molar-refractivity contribution in [1.82, 2.24) is 19.9 Å². The smallest absolute Gasteiger partial charge is 0.160 e. The maximum absolute atomic E-state index is 5.13. The van der Waals surface area contributed by atoms with Crippen molar-refractivity contribution in [3.63, 3.8) is 0 Å². The number of pyridine rings is 2. The Kier molecular flexibility index (Phi) is 7.14. The Balaban J connectivity index is 1.23. The lowest BCUT2D eigenvalue weighted by Crippen LogP contribution is -1.96. The Morgan fingerprint density at radius 1 is 0.348 bits per heavy atom. The molecule has 4 heteroatoms. The molecule has 0 spiro atoms. The summed E-state index contributed by atoms with van der Waals surface area (Å²) in [4.78, 5) is 19.1. The Labute approximate surface area is 267 Å². The van der Waals surface area contributed by atoms with Crippen molar-refractivity contribution in [2.24, 2.45) is 0 Å². The van der Waals surface area contributed by atoms with Gasteiger partial charge in [0.15, 0.2) is 5.82 Å². The van der Waals surface area contributed by atoms with E-state index in [4.69, 9.17) is 15.0 Å². The van der Waals surface area contributed by atoms with Crippen molar-refractivity contribution in [3.8, 4) is 67.3 Å². The van der Waals surface area contributed by atoms with Crippen LogP contribution in [0.2, 0.25) is 0 Å². The van der Waals surface area contributed by atoms with E-state index in [1.165, 1.54) is 11.1 Å². The molecule has 0 aliphatic heterocycles. The largest absolute Gasteiger partial charge is 0.265 e. The number of para-hydroxylation sites is 1. The minimum Gasteiger partial charge on any atom is -0.265 e. The molecule has 4 nitrogen and oxygen atoms in total. The molecule has 5 aromatic carbocycles. The normalized spacial score (nSPS) is 11.0. The van der Waals surface area contributed by atoms with Crippen LogP contribution in [0.1, 0.15) is 0 Å². The van der Waals surface area contributed by atoms with Gasteiger partial charge in [-0.05, 0) is 58.1 Å². The average molecular weight is 589 g/mol. The van der Waals surface area contributed by atoms with E-state index in [1.807, 2.05) is 42.9 Å². The first kappa shape index (κ1) is 27.3. The van der Waals surface area contributed by atoms with Crippen LogP contribution < -0.4 is 0 Å². The van der Waals surface area contributed by atoms with Crippen LogP contribution >= 0.6 is 0 Å². The van der Waals surface area contributed by atoms with Gasteiger partial charge in [0, 0.05) is 46.2 Å². The lowest BCUT2D eigenvalue weighted by Gasteiger charge is -2.12. The summed E-state index contributed by atoms with van der Waals surface area (Å²) in [6.45, 7) is 0. The standard InChI is InChI=1S/C42H28N4/c1-2-7-29(8-3-1)30-14-18-33(19-15-30)39-28-40(46-42(45-39)35-20-16-31(17-21-35)32-22-25-43-26-23-32)37-11-4-10-36(27-37)38-13-5-9-34-12-6-24-44-41(34)38/h1-28H. The first-order valence-corrected chi connectivity index (χ1v) is 15.3. The second kappa shape index (κ2) is 12.0. The minimum atomic E-state index is 0.679. The molecule has 0 aliphatic carbocycles. The molecule has 46 heavy (non-hydrogen) atoms. The molecule has 0 atom stereocenters. The summed E-state index contributed by atoms with van der Waals surface area (Å²) in [5.41, 5.74) is 12.5. The molecule has 3 aromatic heterocycles. The first-order valence-electron chi connectivity index (χ1n) is 15.3. The average Bonchev–Trinajstić information content (AvgIpc) is 3.15. The lowest BCUT2D eigenvalue weighted by molar-refractivity contribution is 1.18. The fourth-order valence-corrected chi connectivity index (χ4v) is 5.88. The minimum absolute atomic E-state index is 0.679. The number of rotatable bonds is 6. The summed E-state index contributed by atoms with van der Waals surface area (Å²) >= 11 is 0. The van der Waals surface area contributed by atoms with E-state index in [1.54, 1.807) is 0 Å². The van der Waals surface area contributed by atoms with E-state index >= 15 is 0 Å². The maximum Gasteiger partial charge on any atom is 0.160 e. The van der Waals surface area contributed by atoms with Crippen LogP contribution in [-0.2, 0) is 0 Å². The molecular weight excluding hydrogens is 560 g/mol. The number of hydrogen-bond donors (Lipinski definition) is 0. The second-order valence-corrected chi connectivity index (χ2v) is 11.2. The third kappa shape index (κ3) is 5.44. The Bertz CT molecular complexity index is 2170. The molecule has 0 saturated carbocycles. The van der Waals surface area contributed by atoms with E-state index in [2.05, 4.69) is 132 Å². The molecule has 3 heterocycles. The predicted molar refractivity (Wildman–Crippen MR) is 188 cm³/mol. The monoisotopic (exact) mass is 588 g/mol. The van der Waals surface area contributed by atoms with Gasteiger partial charge in [-0.3, -0.25) is 9.97 Å². The van der Waals surface area contributed by atoms with Crippen LogP contribution in [0.25, 0.3) is 78.2 Å². The third-order valence-corrected chi connectivity index (χ3v) is 8.27. The first-order chi connectivity index (χ1) is 22.8. The molecule has 8 rings (SSSR count). The number of benzene rings is 5. The molecule has 8 aromatic rings. The zero-order valence-electron chi connectivity index (χ0n) is 25.0. The fourth-order valence-electron chi connectivity index (χ4n) is 5.88. The van der Waals surface area contributed by atoms with Crippen LogP contribution in [0, 0.1) is 0 Å². The molecule has 0 aliphatic rings. The van der Waals surface area contributed by atoms with Crippen LogP contribution in [-0.4, -0.2) is 19.9 Å². The van der Waals surface area contributed by atoms with Gasteiger partial charge in [-0.2, -0.15) is 0 Å². The van der Waals surface area contributed by atoms with Gasteiger partial charge in [0.2, 0.25) is 0 Å². The molecule has 216 valence electrons. The van der Waals surface area contributed by atoms with Crippen molar-refractivity contribution in [3.05, 3.63) is 170 Å². The highest BCUT2D eigenvalue weighted by Crippen LogP contribution is 2.33. The van der Waals surface area contributed by atoms with Crippen molar-refractivity contribution in [1.29, 1.82) is 0 Å². The quantitative estimate of drug-likeness (QED) is 0.194. The van der Waals surface area contributed by atoms with Gasteiger partial charge in [0.05, 0.1) is 16.9 Å². The van der Waals surface area contributed by atoms with Gasteiger partial charge < -0.3 is 0 Å². The van der Waals surface area contributed by atoms with E-state index < -0.39 is 0 Å². The van der Waals surface area contributed by atoms with Crippen molar-refractivity contribution < 1.29 is 0 Å². The predicted octanol–water partition coefficient (Wildman–Crippen LogP) is 10.4. The Hall–Kier alpha value is -6.26. The summed E-state index contributed by atoms with van der Waals surface area (Å²) in [5.74, 6) is 0.679. The molecule has 0 saturated heterocycles. The summed E-state index contributed by atoms with van der Waals surface area (Å²) in [6, 6.07) is 52.5. The van der Waals surface area contributed by atoms with E-state index in [9.17, 15) is 0 Å².